The standard InChI is InChI=1S/C10H11Br2N/c1-2-3-6-13-10-7-8(11)4-5-9(10)12/h2,4-5,7,13H,1,3,6H2. The number of nitrogens with one attached hydrogen (secondary N) is 1. The smallest absolute Gasteiger partial charge is 0.0496 e. The molecule has 0 heterocycles. The van der Waals surface area contributed by atoms with Gasteiger partial charge in [-0.25, -0.2) is 0 Å². The summed E-state index contributed by atoms with van der Waals surface area (Å²) in [7, 11) is 0. The lowest BCUT2D eigenvalue weighted by molar-refractivity contribution is 1.07. The van der Waals surface area contributed by atoms with E-state index in [1.165, 1.54) is 0 Å². The SMILES string of the molecule is C=CCCNc1cc(Br)ccc1Br. The third kappa shape index (κ3) is 3.53. The predicted octanol–water partition coefficient (Wildman–Crippen LogP) is 4.20. The number of halogens is 2. The summed E-state index contributed by atoms with van der Waals surface area (Å²) in [5.74, 6) is 0. The summed E-state index contributed by atoms with van der Waals surface area (Å²) in [4.78, 5) is 0. The normalized spacial score (nSPS) is 9.69. The van der Waals surface area contributed by atoms with E-state index < -0.39 is 0 Å². The van der Waals surface area contributed by atoms with Crippen molar-refractivity contribution < 1.29 is 0 Å². The van der Waals surface area contributed by atoms with Gasteiger partial charge in [-0.1, -0.05) is 22.0 Å². The molecule has 0 unspecified atom stereocenters. The molecule has 1 aromatic rings. The van der Waals surface area contributed by atoms with Crippen LogP contribution < -0.4 is 5.32 Å². The fourth-order valence-electron chi connectivity index (χ4n) is 0.942. The van der Waals surface area contributed by atoms with Crippen molar-refractivity contribution in [3.8, 4) is 0 Å². The average molecular weight is 305 g/mol. The van der Waals surface area contributed by atoms with Crippen molar-refractivity contribution in [3.05, 3.63) is 39.8 Å². The molecule has 0 atom stereocenters. The highest BCUT2D eigenvalue weighted by atomic mass is 79.9. The minimum Gasteiger partial charge on any atom is -0.384 e. The zero-order valence-electron chi connectivity index (χ0n) is 7.19. The van der Waals surface area contributed by atoms with E-state index in [1.807, 2.05) is 24.3 Å². The molecule has 70 valence electrons. The van der Waals surface area contributed by atoms with Crippen molar-refractivity contribution >= 4 is 37.5 Å². The highest BCUT2D eigenvalue weighted by Crippen LogP contribution is 2.25. The molecular formula is C10H11Br2N. The molecule has 3 heteroatoms. The molecule has 1 aromatic carbocycles. The number of rotatable bonds is 4. The van der Waals surface area contributed by atoms with E-state index in [0.29, 0.717) is 0 Å². The number of hydrogen-bond donors (Lipinski definition) is 1. The van der Waals surface area contributed by atoms with E-state index in [-0.39, 0.29) is 0 Å². The molecule has 0 aromatic heterocycles. The molecular weight excluding hydrogens is 294 g/mol. The van der Waals surface area contributed by atoms with Gasteiger partial charge in [0.1, 0.15) is 0 Å². The molecule has 0 spiro atoms. The summed E-state index contributed by atoms with van der Waals surface area (Å²) in [6.45, 7) is 4.59. The summed E-state index contributed by atoms with van der Waals surface area (Å²) < 4.78 is 2.16. The van der Waals surface area contributed by atoms with Gasteiger partial charge >= 0.3 is 0 Å². The Morgan fingerprint density at radius 3 is 2.85 bits per heavy atom. The molecule has 0 radical (unpaired) electrons. The Bertz CT molecular complexity index is 297. The molecule has 0 amide bonds. The van der Waals surface area contributed by atoms with Crippen LogP contribution in [0.25, 0.3) is 0 Å². The molecule has 1 N–H and O–H groups in total. The zero-order valence-corrected chi connectivity index (χ0v) is 10.4. The maximum absolute atomic E-state index is 3.67. The second-order valence-corrected chi connectivity index (χ2v) is 4.40. The van der Waals surface area contributed by atoms with Crippen molar-refractivity contribution in [2.45, 2.75) is 6.42 Å². The van der Waals surface area contributed by atoms with Crippen LogP contribution in [0.5, 0.6) is 0 Å². The minimum atomic E-state index is 0.915. The Labute approximate surface area is 95.5 Å². The maximum atomic E-state index is 3.67. The van der Waals surface area contributed by atoms with Gasteiger partial charge in [0.2, 0.25) is 0 Å². The number of benzene rings is 1. The van der Waals surface area contributed by atoms with Gasteiger partial charge in [-0.15, -0.1) is 6.58 Å². The third-order valence-corrected chi connectivity index (χ3v) is 2.78. The van der Waals surface area contributed by atoms with Crippen LogP contribution in [-0.2, 0) is 0 Å². The van der Waals surface area contributed by atoms with E-state index in [0.717, 1.165) is 27.6 Å². The van der Waals surface area contributed by atoms with Crippen LogP contribution in [0.1, 0.15) is 6.42 Å². The first-order chi connectivity index (χ1) is 6.24. The van der Waals surface area contributed by atoms with Gasteiger partial charge in [-0.05, 0) is 40.5 Å². The van der Waals surface area contributed by atoms with Crippen LogP contribution >= 0.6 is 31.9 Å². The largest absolute Gasteiger partial charge is 0.384 e. The molecule has 13 heavy (non-hydrogen) atoms. The van der Waals surface area contributed by atoms with E-state index >= 15 is 0 Å². The molecule has 0 saturated carbocycles. The van der Waals surface area contributed by atoms with Crippen molar-refractivity contribution in [2.75, 3.05) is 11.9 Å². The van der Waals surface area contributed by atoms with E-state index in [4.69, 9.17) is 0 Å². The molecule has 0 fully saturated rings. The molecule has 0 saturated heterocycles. The fourth-order valence-corrected chi connectivity index (χ4v) is 1.69. The van der Waals surface area contributed by atoms with Crippen LogP contribution in [0, 0.1) is 0 Å². The minimum absolute atomic E-state index is 0.915. The first-order valence-electron chi connectivity index (χ1n) is 4.04. The highest BCUT2D eigenvalue weighted by Gasteiger charge is 1.98. The summed E-state index contributed by atoms with van der Waals surface area (Å²) in [6.07, 6.45) is 2.87. The van der Waals surface area contributed by atoms with Gasteiger partial charge in [0, 0.05) is 21.2 Å². The van der Waals surface area contributed by atoms with Crippen LogP contribution in [0.15, 0.2) is 39.8 Å². The quantitative estimate of drug-likeness (QED) is 0.649. The Morgan fingerprint density at radius 2 is 2.15 bits per heavy atom. The van der Waals surface area contributed by atoms with Crippen LogP contribution in [0.3, 0.4) is 0 Å². The van der Waals surface area contributed by atoms with Crippen molar-refractivity contribution in [1.82, 2.24) is 0 Å². The molecule has 1 rings (SSSR count). The van der Waals surface area contributed by atoms with Crippen LogP contribution in [-0.4, -0.2) is 6.54 Å². The molecule has 0 aliphatic heterocycles. The topological polar surface area (TPSA) is 12.0 Å². The predicted molar refractivity (Wildman–Crippen MR) is 65.1 cm³/mol. The Kier molecular flexibility index (Phi) is 4.53. The van der Waals surface area contributed by atoms with Gasteiger partial charge in [0.15, 0.2) is 0 Å². The lowest BCUT2D eigenvalue weighted by Gasteiger charge is -2.07. The Hall–Kier alpha value is -0.280. The fraction of sp³-hybridized carbons (Fsp3) is 0.200. The highest BCUT2D eigenvalue weighted by molar-refractivity contribution is 9.11. The molecule has 0 aliphatic rings. The van der Waals surface area contributed by atoms with Crippen molar-refractivity contribution in [3.63, 3.8) is 0 Å². The second-order valence-electron chi connectivity index (χ2n) is 2.63. The van der Waals surface area contributed by atoms with E-state index in [9.17, 15) is 0 Å². The third-order valence-electron chi connectivity index (χ3n) is 1.59. The van der Waals surface area contributed by atoms with Gasteiger partial charge in [0.25, 0.3) is 0 Å². The molecule has 0 aliphatic carbocycles. The van der Waals surface area contributed by atoms with Gasteiger partial charge in [0.05, 0.1) is 0 Å². The Balaban J connectivity index is 2.64. The van der Waals surface area contributed by atoms with Crippen molar-refractivity contribution in [2.24, 2.45) is 0 Å². The summed E-state index contributed by atoms with van der Waals surface area (Å²) >= 11 is 6.90. The van der Waals surface area contributed by atoms with Gasteiger partial charge < -0.3 is 5.32 Å². The summed E-state index contributed by atoms with van der Waals surface area (Å²) in [5, 5.41) is 3.31. The lowest BCUT2D eigenvalue weighted by atomic mass is 10.3. The lowest BCUT2D eigenvalue weighted by Crippen LogP contribution is -2.00. The van der Waals surface area contributed by atoms with Crippen molar-refractivity contribution in [1.29, 1.82) is 0 Å². The van der Waals surface area contributed by atoms with Gasteiger partial charge in [-0.2, -0.15) is 0 Å². The van der Waals surface area contributed by atoms with Gasteiger partial charge in [-0.3, -0.25) is 0 Å². The molecule has 0 bridgehead atoms. The first-order valence-corrected chi connectivity index (χ1v) is 5.62. The Morgan fingerprint density at radius 1 is 1.38 bits per heavy atom. The first kappa shape index (κ1) is 10.8. The van der Waals surface area contributed by atoms with Crippen LogP contribution in [0.4, 0.5) is 5.69 Å². The monoisotopic (exact) mass is 303 g/mol. The molecule has 1 nitrogen and oxygen atoms in total. The maximum Gasteiger partial charge on any atom is 0.0496 e. The van der Waals surface area contributed by atoms with E-state index in [1.54, 1.807) is 0 Å². The second kappa shape index (κ2) is 5.45. The zero-order chi connectivity index (χ0) is 9.68. The average Bonchev–Trinajstić information content (AvgIpc) is 2.11. The van der Waals surface area contributed by atoms with Crippen LogP contribution in [0.2, 0.25) is 0 Å². The number of hydrogen-bond acceptors (Lipinski definition) is 1. The van der Waals surface area contributed by atoms with E-state index in [2.05, 4.69) is 43.8 Å². The number of anilines is 1. The summed E-state index contributed by atoms with van der Waals surface area (Å²) in [5.41, 5.74) is 1.11. The summed E-state index contributed by atoms with van der Waals surface area (Å²) in [6, 6.07) is 6.07.